The van der Waals surface area contributed by atoms with Gasteiger partial charge in [-0.1, -0.05) is 38.5 Å². The van der Waals surface area contributed by atoms with Crippen LogP contribution in [0.2, 0.25) is 0 Å². The van der Waals surface area contributed by atoms with E-state index in [1.807, 2.05) is 10.9 Å². The summed E-state index contributed by atoms with van der Waals surface area (Å²) < 4.78 is 53.9. The second-order valence-electron chi connectivity index (χ2n) is 6.16. The van der Waals surface area contributed by atoms with E-state index in [0.29, 0.717) is 12.0 Å². The molecular weight excluding hydrogens is 378 g/mol. The first kappa shape index (κ1) is 21.2. The van der Waals surface area contributed by atoms with Crippen LogP contribution in [0.25, 0.3) is 0 Å². The lowest BCUT2D eigenvalue weighted by Gasteiger charge is -2.24. The Morgan fingerprint density at radius 1 is 1.00 bits per heavy atom. The van der Waals surface area contributed by atoms with Gasteiger partial charge in [0.2, 0.25) is 0 Å². The number of hydrazine groups is 1. The third-order valence-corrected chi connectivity index (χ3v) is 4.24. The highest BCUT2D eigenvalue weighted by Crippen LogP contribution is 2.23. The minimum absolute atomic E-state index is 0.0553. The maximum absolute atomic E-state index is 13.7. The summed E-state index contributed by atoms with van der Waals surface area (Å²) >= 11 is 0. The molecule has 2 rings (SSSR count). The van der Waals surface area contributed by atoms with Gasteiger partial charge in [-0.25, -0.2) is 17.6 Å². The molecule has 5 nitrogen and oxygen atoms in total. The molecule has 0 aliphatic heterocycles. The van der Waals surface area contributed by atoms with Crippen molar-refractivity contribution in [3.05, 3.63) is 65.2 Å². The average Bonchev–Trinajstić information content (AvgIpc) is 2.70. The standard InChI is InChI=1S/C19H19F4N3O2/c1-3-10(2)16(24-18(27)11-7-5-4-6-8-11)19(28)26-25-17-14(22)12(20)9-13(21)15(17)23/h4-10,16,25H,3H2,1-2H3,(H,24,27)(H,26,28)/t10-,16+/m1/s1. The molecule has 28 heavy (non-hydrogen) atoms. The molecule has 0 bridgehead atoms. The van der Waals surface area contributed by atoms with Crippen LogP contribution in [-0.4, -0.2) is 17.9 Å². The number of rotatable bonds is 7. The van der Waals surface area contributed by atoms with E-state index in [2.05, 4.69) is 5.32 Å². The summed E-state index contributed by atoms with van der Waals surface area (Å²) in [6, 6.07) is 7.13. The van der Waals surface area contributed by atoms with E-state index in [-0.39, 0.29) is 12.0 Å². The summed E-state index contributed by atoms with van der Waals surface area (Å²) in [6.45, 7) is 3.48. The second-order valence-corrected chi connectivity index (χ2v) is 6.16. The highest BCUT2D eigenvalue weighted by atomic mass is 19.2. The van der Waals surface area contributed by atoms with Gasteiger partial charge in [-0.15, -0.1) is 0 Å². The molecule has 2 amide bonds. The molecular formula is C19H19F4N3O2. The van der Waals surface area contributed by atoms with Crippen molar-refractivity contribution in [2.24, 2.45) is 5.92 Å². The van der Waals surface area contributed by atoms with Gasteiger partial charge in [0.1, 0.15) is 11.7 Å². The van der Waals surface area contributed by atoms with E-state index in [1.54, 1.807) is 44.2 Å². The molecule has 9 heteroatoms. The maximum Gasteiger partial charge on any atom is 0.261 e. The first-order valence-corrected chi connectivity index (χ1v) is 8.51. The molecule has 0 radical (unpaired) electrons. The normalized spacial score (nSPS) is 12.8. The third kappa shape index (κ3) is 4.79. The lowest BCUT2D eigenvalue weighted by Crippen LogP contribution is -2.51. The Labute approximate surface area is 159 Å². The quantitative estimate of drug-likeness (QED) is 0.380. The number of hydrogen-bond acceptors (Lipinski definition) is 3. The number of nitrogens with one attached hydrogen (secondary N) is 3. The van der Waals surface area contributed by atoms with Crippen molar-refractivity contribution in [2.45, 2.75) is 26.3 Å². The predicted octanol–water partition coefficient (Wildman–Crippen LogP) is 3.53. The lowest BCUT2D eigenvalue weighted by atomic mass is 9.98. The van der Waals surface area contributed by atoms with Gasteiger partial charge in [-0.05, 0) is 18.1 Å². The van der Waals surface area contributed by atoms with E-state index in [0.717, 1.165) is 0 Å². The molecule has 0 aliphatic rings. The minimum atomic E-state index is -1.69. The van der Waals surface area contributed by atoms with Gasteiger partial charge in [0.25, 0.3) is 11.8 Å². The lowest BCUT2D eigenvalue weighted by molar-refractivity contribution is -0.123. The summed E-state index contributed by atoms with van der Waals surface area (Å²) in [4.78, 5) is 24.8. The van der Waals surface area contributed by atoms with E-state index in [4.69, 9.17) is 0 Å². The van der Waals surface area contributed by atoms with Gasteiger partial charge in [0.05, 0.1) is 0 Å². The van der Waals surface area contributed by atoms with E-state index in [1.165, 1.54) is 0 Å². The zero-order chi connectivity index (χ0) is 20.8. The van der Waals surface area contributed by atoms with Crippen LogP contribution in [0.4, 0.5) is 23.2 Å². The Morgan fingerprint density at radius 3 is 2.11 bits per heavy atom. The molecule has 3 N–H and O–H groups in total. The van der Waals surface area contributed by atoms with E-state index >= 15 is 0 Å². The molecule has 0 unspecified atom stereocenters. The van der Waals surface area contributed by atoms with Crippen molar-refractivity contribution in [1.82, 2.24) is 10.7 Å². The molecule has 0 aliphatic carbocycles. The zero-order valence-corrected chi connectivity index (χ0v) is 15.2. The van der Waals surface area contributed by atoms with Crippen molar-refractivity contribution < 1.29 is 27.2 Å². The molecule has 150 valence electrons. The van der Waals surface area contributed by atoms with Gasteiger partial charge in [0.15, 0.2) is 23.3 Å². The zero-order valence-electron chi connectivity index (χ0n) is 15.2. The first-order valence-electron chi connectivity index (χ1n) is 8.51. The average molecular weight is 397 g/mol. The molecule has 2 aromatic rings. The molecule has 0 fully saturated rings. The number of amides is 2. The summed E-state index contributed by atoms with van der Waals surface area (Å²) in [5.74, 6) is -8.30. The number of carbonyl (C=O) groups is 2. The van der Waals surface area contributed by atoms with Crippen LogP contribution in [0, 0.1) is 29.2 Å². The van der Waals surface area contributed by atoms with Gasteiger partial charge in [-0.2, -0.15) is 0 Å². The van der Waals surface area contributed by atoms with Crippen molar-refractivity contribution >= 4 is 17.5 Å². The highest BCUT2D eigenvalue weighted by molar-refractivity contribution is 5.97. The topological polar surface area (TPSA) is 70.2 Å². The van der Waals surface area contributed by atoms with Gasteiger partial charge in [0, 0.05) is 11.6 Å². The predicted molar refractivity (Wildman–Crippen MR) is 95.2 cm³/mol. The molecule has 0 saturated heterocycles. The SMILES string of the molecule is CC[C@@H](C)[C@H](NC(=O)c1ccccc1)C(=O)NNc1c(F)c(F)cc(F)c1F. The molecule has 2 aromatic carbocycles. The van der Waals surface area contributed by atoms with Crippen LogP contribution in [0.5, 0.6) is 0 Å². The fourth-order valence-electron chi connectivity index (χ4n) is 2.40. The van der Waals surface area contributed by atoms with Crippen LogP contribution in [-0.2, 0) is 4.79 Å². The van der Waals surface area contributed by atoms with Crippen LogP contribution < -0.4 is 16.2 Å². The van der Waals surface area contributed by atoms with Crippen molar-refractivity contribution in [3.63, 3.8) is 0 Å². The number of carbonyl (C=O) groups excluding carboxylic acids is 2. The van der Waals surface area contributed by atoms with Gasteiger partial charge >= 0.3 is 0 Å². The fraction of sp³-hybridized carbons (Fsp3) is 0.263. The summed E-state index contributed by atoms with van der Waals surface area (Å²) in [5, 5.41) is 2.55. The number of anilines is 1. The van der Waals surface area contributed by atoms with Crippen LogP contribution in [0.1, 0.15) is 30.6 Å². The molecule has 0 heterocycles. The summed E-state index contributed by atoms with van der Waals surface area (Å²) in [6.07, 6.45) is 0.504. The van der Waals surface area contributed by atoms with E-state index < -0.39 is 46.8 Å². The second kappa shape index (κ2) is 9.20. The Hall–Kier alpha value is -3.10. The Balaban J connectivity index is 2.15. The van der Waals surface area contributed by atoms with Crippen LogP contribution >= 0.6 is 0 Å². The van der Waals surface area contributed by atoms with Crippen molar-refractivity contribution in [3.8, 4) is 0 Å². The van der Waals surface area contributed by atoms with Crippen LogP contribution in [0.3, 0.4) is 0 Å². The molecule has 0 saturated carbocycles. The molecule has 0 aromatic heterocycles. The van der Waals surface area contributed by atoms with Gasteiger partial charge in [-0.3, -0.25) is 20.4 Å². The summed E-state index contributed by atoms with van der Waals surface area (Å²) in [7, 11) is 0. The fourth-order valence-corrected chi connectivity index (χ4v) is 2.40. The van der Waals surface area contributed by atoms with Crippen molar-refractivity contribution in [2.75, 3.05) is 5.43 Å². The number of hydrogen-bond donors (Lipinski definition) is 3. The Morgan fingerprint density at radius 2 is 1.57 bits per heavy atom. The Bertz CT molecular complexity index is 836. The minimum Gasteiger partial charge on any atom is -0.340 e. The highest BCUT2D eigenvalue weighted by Gasteiger charge is 2.27. The molecule has 0 spiro atoms. The molecule has 2 atom stereocenters. The van der Waals surface area contributed by atoms with Crippen molar-refractivity contribution in [1.29, 1.82) is 0 Å². The number of halogens is 4. The maximum atomic E-state index is 13.7. The van der Waals surface area contributed by atoms with Crippen LogP contribution in [0.15, 0.2) is 36.4 Å². The third-order valence-electron chi connectivity index (χ3n) is 4.24. The number of benzene rings is 2. The Kier molecular flexibility index (Phi) is 6.97. The van der Waals surface area contributed by atoms with Gasteiger partial charge < -0.3 is 5.32 Å². The smallest absolute Gasteiger partial charge is 0.261 e. The monoisotopic (exact) mass is 397 g/mol. The first-order chi connectivity index (χ1) is 13.3. The van der Waals surface area contributed by atoms with E-state index in [9.17, 15) is 27.2 Å². The largest absolute Gasteiger partial charge is 0.340 e. The summed E-state index contributed by atoms with van der Waals surface area (Å²) in [5.41, 5.74) is 2.99.